The first-order chi connectivity index (χ1) is 11.4. The van der Waals surface area contributed by atoms with Crippen LogP contribution in [0.4, 0.5) is 5.69 Å². The van der Waals surface area contributed by atoms with Gasteiger partial charge in [0.25, 0.3) is 11.8 Å². The molecule has 0 bridgehead atoms. The fourth-order valence-electron chi connectivity index (χ4n) is 2.48. The van der Waals surface area contributed by atoms with E-state index in [9.17, 15) is 14.4 Å². The zero-order chi connectivity index (χ0) is 17.4. The second kappa shape index (κ2) is 6.26. The van der Waals surface area contributed by atoms with Gasteiger partial charge in [0.1, 0.15) is 0 Å². The van der Waals surface area contributed by atoms with Crippen LogP contribution >= 0.6 is 23.2 Å². The largest absolute Gasteiger partial charge is 0.326 e. The Balaban J connectivity index is 1.75. The van der Waals surface area contributed by atoms with Crippen LogP contribution in [0.3, 0.4) is 0 Å². The number of amides is 3. The highest BCUT2D eigenvalue weighted by atomic mass is 35.5. The van der Waals surface area contributed by atoms with E-state index in [1.165, 1.54) is 19.2 Å². The molecule has 0 aliphatic carbocycles. The van der Waals surface area contributed by atoms with Gasteiger partial charge < -0.3 is 5.32 Å². The smallest absolute Gasteiger partial charge is 0.261 e. The summed E-state index contributed by atoms with van der Waals surface area (Å²) < 4.78 is 0. The summed E-state index contributed by atoms with van der Waals surface area (Å²) in [6, 6.07) is 9.61. The van der Waals surface area contributed by atoms with Crippen molar-refractivity contribution in [1.29, 1.82) is 0 Å². The van der Waals surface area contributed by atoms with E-state index in [4.69, 9.17) is 23.2 Å². The van der Waals surface area contributed by atoms with Crippen LogP contribution < -0.4 is 5.32 Å². The minimum Gasteiger partial charge on any atom is -0.326 e. The Kier molecular flexibility index (Phi) is 4.30. The second-order valence-corrected chi connectivity index (χ2v) is 6.22. The highest BCUT2D eigenvalue weighted by Crippen LogP contribution is 2.25. The molecule has 3 rings (SSSR count). The molecule has 0 fully saturated rings. The summed E-state index contributed by atoms with van der Waals surface area (Å²) >= 11 is 11.8. The molecule has 5 nitrogen and oxygen atoms in total. The van der Waals surface area contributed by atoms with E-state index in [1.54, 1.807) is 24.3 Å². The highest BCUT2D eigenvalue weighted by Gasteiger charge is 2.32. The molecule has 0 spiro atoms. The number of nitrogens with one attached hydrogen (secondary N) is 1. The normalized spacial score (nSPS) is 13.2. The second-order valence-electron chi connectivity index (χ2n) is 5.40. The summed E-state index contributed by atoms with van der Waals surface area (Å²) in [6.07, 6.45) is 0.112. The minimum absolute atomic E-state index is 0.112. The fraction of sp³-hybridized carbons (Fsp3) is 0.118. The number of anilines is 1. The molecule has 0 aromatic heterocycles. The van der Waals surface area contributed by atoms with Gasteiger partial charge in [0.2, 0.25) is 5.91 Å². The molecule has 0 radical (unpaired) electrons. The molecule has 0 saturated heterocycles. The average molecular weight is 363 g/mol. The van der Waals surface area contributed by atoms with Gasteiger partial charge in [0.05, 0.1) is 27.6 Å². The van der Waals surface area contributed by atoms with Crippen LogP contribution in [0.25, 0.3) is 0 Å². The van der Waals surface area contributed by atoms with Crippen LogP contribution in [-0.4, -0.2) is 29.7 Å². The number of rotatable bonds is 3. The first-order valence-corrected chi connectivity index (χ1v) is 7.82. The van der Waals surface area contributed by atoms with E-state index >= 15 is 0 Å². The quantitative estimate of drug-likeness (QED) is 0.850. The minimum atomic E-state index is -0.379. The van der Waals surface area contributed by atoms with Gasteiger partial charge in [-0.2, -0.15) is 0 Å². The average Bonchev–Trinajstić information content (AvgIpc) is 2.75. The molecule has 0 unspecified atom stereocenters. The van der Waals surface area contributed by atoms with Gasteiger partial charge in [0, 0.05) is 12.7 Å². The molecule has 122 valence electrons. The number of fused-ring (bicyclic) bond motifs is 1. The number of halogens is 2. The molecule has 1 heterocycles. The molecule has 7 heteroatoms. The lowest BCUT2D eigenvalue weighted by Gasteiger charge is -2.07. The Morgan fingerprint density at radius 3 is 2.42 bits per heavy atom. The maximum Gasteiger partial charge on any atom is 0.261 e. The Morgan fingerprint density at radius 1 is 1.00 bits per heavy atom. The predicted molar refractivity (Wildman–Crippen MR) is 91.7 cm³/mol. The van der Waals surface area contributed by atoms with Crippen molar-refractivity contribution in [1.82, 2.24) is 4.90 Å². The summed E-state index contributed by atoms with van der Waals surface area (Å²) in [4.78, 5) is 37.0. The maximum atomic E-state index is 12.1. The third-order valence-electron chi connectivity index (χ3n) is 3.72. The molecule has 2 aromatic rings. The van der Waals surface area contributed by atoms with Crippen molar-refractivity contribution >= 4 is 46.6 Å². The number of imide groups is 1. The number of carbonyl (C=O) groups is 3. The molecule has 2 aromatic carbocycles. The summed E-state index contributed by atoms with van der Waals surface area (Å²) in [5, 5.41) is 3.51. The van der Waals surface area contributed by atoms with Crippen molar-refractivity contribution in [3.63, 3.8) is 0 Å². The predicted octanol–water partition coefficient (Wildman–Crippen LogP) is 3.40. The Labute approximate surface area is 148 Å². The molecule has 1 aliphatic heterocycles. The number of carbonyl (C=O) groups excluding carboxylic acids is 3. The first kappa shape index (κ1) is 16.5. The van der Waals surface area contributed by atoms with E-state index in [0.29, 0.717) is 26.9 Å². The zero-order valence-corrected chi connectivity index (χ0v) is 14.1. The molecular weight excluding hydrogens is 351 g/mol. The van der Waals surface area contributed by atoms with Crippen molar-refractivity contribution in [2.75, 3.05) is 12.4 Å². The fourth-order valence-corrected chi connectivity index (χ4v) is 2.80. The van der Waals surface area contributed by atoms with Gasteiger partial charge in [-0.15, -0.1) is 0 Å². The van der Waals surface area contributed by atoms with E-state index in [0.717, 1.165) is 4.90 Å². The number of nitrogens with zero attached hydrogens (tertiary/aromatic N) is 1. The standard InChI is InChI=1S/C17H12Cl2N2O3/c1-21-16(23)11-4-3-10(8-12(11)17(21)24)20-15(22)7-9-2-5-13(18)14(19)6-9/h2-6,8H,7H2,1H3,(H,20,22). The lowest BCUT2D eigenvalue weighted by Crippen LogP contribution is -2.24. The van der Waals surface area contributed by atoms with Crippen LogP contribution in [0, 0.1) is 0 Å². The van der Waals surface area contributed by atoms with E-state index in [-0.39, 0.29) is 29.7 Å². The molecule has 1 aliphatic rings. The monoisotopic (exact) mass is 362 g/mol. The molecule has 3 amide bonds. The Morgan fingerprint density at radius 2 is 1.71 bits per heavy atom. The number of hydrogen-bond acceptors (Lipinski definition) is 3. The van der Waals surface area contributed by atoms with Crippen molar-refractivity contribution in [3.05, 3.63) is 63.1 Å². The summed E-state index contributed by atoms with van der Waals surface area (Å²) in [5.74, 6) is -0.988. The molecule has 0 atom stereocenters. The molecular formula is C17H12Cl2N2O3. The van der Waals surface area contributed by atoms with Gasteiger partial charge >= 0.3 is 0 Å². The summed E-state index contributed by atoms with van der Waals surface area (Å²) in [7, 11) is 1.42. The zero-order valence-electron chi connectivity index (χ0n) is 12.6. The lowest BCUT2D eigenvalue weighted by molar-refractivity contribution is -0.115. The number of benzene rings is 2. The van der Waals surface area contributed by atoms with E-state index in [2.05, 4.69) is 5.32 Å². The van der Waals surface area contributed by atoms with Crippen molar-refractivity contribution in [2.45, 2.75) is 6.42 Å². The third-order valence-corrected chi connectivity index (χ3v) is 4.46. The van der Waals surface area contributed by atoms with Gasteiger partial charge in [-0.3, -0.25) is 19.3 Å². The lowest BCUT2D eigenvalue weighted by atomic mass is 10.1. The molecule has 24 heavy (non-hydrogen) atoms. The van der Waals surface area contributed by atoms with Gasteiger partial charge in [0.15, 0.2) is 0 Å². The topological polar surface area (TPSA) is 66.5 Å². The van der Waals surface area contributed by atoms with Crippen molar-refractivity contribution < 1.29 is 14.4 Å². The van der Waals surface area contributed by atoms with Gasteiger partial charge in [-0.05, 0) is 35.9 Å². The Hall–Kier alpha value is -2.37. The van der Waals surface area contributed by atoms with Crippen LogP contribution in [0.5, 0.6) is 0 Å². The molecule has 0 saturated carbocycles. The van der Waals surface area contributed by atoms with E-state index < -0.39 is 0 Å². The van der Waals surface area contributed by atoms with Crippen LogP contribution in [0.15, 0.2) is 36.4 Å². The SMILES string of the molecule is CN1C(=O)c2ccc(NC(=O)Cc3ccc(Cl)c(Cl)c3)cc2C1=O. The van der Waals surface area contributed by atoms with Gasteiger partial charge in [-0.1, -0.05) is 29.3 Å². The van der Waals surface area contributed by atoms with Crippen LogP contribution in [0.1, 0.15) is 26.3 Å². The molecule has 1 N–H and O–H groups in total. The Bertz CT molecular complexity index is 880. The number of hydrogen-bond donors (Lipinski definition) is 1. The van der Waals surface area contributed by atoms with Crippen molar-refractivity contribution in [2.24, 2.45) is 0 Å². The highest BCUT2D eigenvalue weighted by molar-refractivity contribution is 6.42. The first-order valence-electron chi connectivity index (χ1n) is 7.07. The summed E-state index contributed by atoms with van der Waals surface area (Å²) in [6.45, 7) is 0. The maximum absolute atomic E-state index is 12.1. The van der Waals surface area contributed by atoms with E-state index in [1.807, 2.05) is 0 Å². The van der Waals surface area contributed by atoms with Crippen molar-refractivity contribution in [3.8, 4) is 0 Å². The third kappa shape index (κ3) is 3.00. The summed E-state index contributed by atoms with van der Waals surface area (Å²) in [5.41, 5.74) is 1.80. The van der Waals surface area contributed by atoms with Crippen LogP contribution in [-0.2, 0) is 11.2 Å². The van der Waals surface area contributed by atoms with Gasteiger partial charge in [-0.25, -0.2) is 0 Å². The van der Waals surface area contributed by atoms with Crippen LogP contribution in [0.2, 0.25) is 10.0 Å².